The Morgan fingerprint density at radius 2 is 2.15 bits per heavy atom. The van der Waals surface area contributed by atoms with Crippen molar-refractivity contribution in [2.75, 3.05) is 12.4 Å². The summed E-state index contributed by atoms with van der Waals surface area (Å²) in [6.07, 6.45) is 1.85. The van der Waals surface area contributed by atoms with E-state index in [2.05, 4.69) is 30.4 Å². The van der Waals surface area contributed by atoms with Crippen molar-refractivity contribution in [3.05, 3.63) is 29.8 Å². The number of nitrogens with one attached hydrogen (secondary N) is 1. The lowest BCUT2D eigenvalue weighted by molar-refractivity contribution is -0.157. The minimum atomic E-state index is -0.396. The molecule has 2 atom stereocenters. The van der Waals surface area contributed by atoms with Gasteiger partial charge in [-0.05, 0) is 56.7 Å². The Morgan fingerprint density at radius 3 is 2.75 bits per heavy atom. The van der Waals surface area contributed by atoms with E-state index in [0.717, 1.165) is 18.5 Å². The predicted molar refractivity (Wildman–Crippen MR) is 81.8 cm³/mol. The molecular formula is C17H25NO2. The molecule has 3 heteroatoms. The SMILES string of the molecule is CNc1cccc(C[C@@]2(C)CC2C(=O)OC(C)(C)C)c1. The van der Waals surface area contributed by atoms with Crippen LogP contribution in [0.15, 0.2) is 24.3 Å². The van der Waals surface area contributed by atoms with Gasteiger partial charge in [0.2, 0.25) is 0 Å². The second-order valence-electron chi connectivity index (χ2n) is 7.07. The standard InChI is InChI=1S/C17H25NO2/c1-16(2,3)20-15(19)14-11-17(14,4)10-12-7-6-8-13(9-12)18-5/h6-9,14,18H,10-11H2,1-5H3/t14?,17-/m0/s1. The summed E-state index contributed by atoms with van der Waals surface area (Å²) in [5.74, 6) is -0.00950. The molecule has 2 rings (SSSR count). The van der Waals surface area contributed by atoms with Crippen molar-refractivity contribution in [3.8, 4) is 0 Å². The van der Waals surface area contributed by atoms with Crippen LogP contribution < -0.4 is 5.32 Å². The molecule has 0 aliphatic heterocycles. The Labute approximate surface area is 121 Å². The molecule has 0 aromatic heterocycles. The van der Waals surface area contributed by atoms with Gasteiger partial charge >= 0.3 is 5.97 Å². The van der Waals surface area contributed by atoms with E-state index in [4.69, 9.17) is 4.74 Å². The van der Waals surface area contributed by atoms with Crippen LogP contribution in [0.5, 0.6) is 0 Å². The molecule has 0 spiro atoms. The van der Waals surface area contributed by atoms with E-state index in [0.29, 0.717) is 0 Å². The summed E-state index contributed by atoms with van der Waals surface area (Å²) in [5.41, 5.74) is 2.03. The zero-order valence-corrected chi connectivity index (χ0v) is 13.1. The molecule has 1 aromatic rings. The number of hydrogen-bond donors (Lipinski definition) is 1. The van der Waals surface area contributed by atoms with E-state index in [1.54, 1.807) is 0 Å². The summed E-state index contributed by atoms with van der Waals surface area (Å²) in [6, 6.07) is 8.37. The maximum atomic E-state index is 12.1. The maximum Gasteiger partial charge on any atom is 0.310 e. The fourth-order valence-electron chi connectivity index (χ4n) is 2.65. The molecular weight excluding hydrogens is 250 g/mol. The first kappa shape index (κ1) is 14.9. The van der Waals surface area contributed by atoms with E-state index in [1.807, 2.05) is 33.9 Å². The van der Waals surface area contributed by atoms with Gasteiger partial charge in [0, 0.05) is 12.7 Å². The van der Waals surface area contributed by atoms with Crippen molar-refractivity contribution in [1.82, 2.24) is 0 Å². The highest BCUT2D eigenvalue weighted by molar-refractivity contribution is 5.77. The van der Waals surface area contributed by atoms with Crippen molar-refractivity contribution in [2.24, 2.45) is 11.3 Å². The van der Waals surface area contributed by atoms with Gasteiger partial charge in [-0.2, -0.15) is 0 Å². The molecule has 110 valence electrons. The van der Waals surface area contributed by atoms with Crippen LogP contribution in [0.3, 0.4) is 0 Å². The second-order valence-corrected chi connectivity index (χ2v) is 7.07. The first-order chi connectivity index (χ1) is 9.23. The summed E-state index contributed by atoms with van der Waals surface area (Å²) < 4.78 is 5.49. The number of rotatable bonds is 4. The van der Waals surface area contributed by atoms with E-state index < -0.39 is 5.60 Å². The molecule has 1 aromatic carbocycles. The van der Waals surface area contributed by atoms with Crippen LogP contribution in [-0.2, 0) is 16.0 Å². The summed E-state index contributed by atoms with van der Waals surface area (Å²) in [5, 5.41) is 3.15. The van der Waals surface area contributed by atoms with Crippen LogP contribution in [-0.4, -0.2) is 18.6 Å². The molecule has 0 heterocycles. The molecule has 0 radical (unpaired) electrons. The smallest absolute Gasteiger partial charge is 0.310 e. The zero-order chi connectivity index (χ0) is 15.0. The average molecular weight is 275 g/mol. The van der Waals surface area contributed by atoms with E-state index >= 15 is 0 Å². The Bertz CT molecular complexity index is 504. The molecule has 1 N–H and O–H groups in total. The van der Waals surface area contributed by atoms with E-state index in [1.165, 1.54) is 5.56 Å². The van der Waals surface area contributed by atoms with Gasteiger partial charge in [-0.15, -0.1) is 0 Å². The minimum absolute atomic E-state index is 0.0416. The van der Waals surface area contributed by atoms with Gasteiger partial charge in [-0.25, -0.2) is 0 Å². The van der Waals surface area contributed by atoms with Gasteiger partial charge in [0.25, 0.3) is 0 Å². The Balaban J connectivity index is 1.99. The van der Waals surface area contributed by atoms with Gasteiger partial charge in [0.05, 0.1) is 5.92 Å². The topological polar surface area (TPSA) is 38.3 Å². The van der Waals surface area contributed by atoms with Crippen LogP contribution in [0.4, 0.5) is 5.69 Å². The molecule has 0 amide bonds. The number of anilines is 1. The lowest BCUT2D eigenvalue weighted by Gasteiger charge is -2.20. The fraction of sp³-hybridized carbons (Fsp3) is 0.588. The number of carbonyl (C=O) groups is 1. The van der Waals surface area contributed by atoms with Crippen molar-refractivity contribution in [1.29, 1.82) is 0 Å². The monoisotopic (exact) mass is 275 g/mol. The quantitative estimate of drug-likeness (QED) is 0.853. The van der Waals surface area contributed by atoms with Gasteiger partial charge < -0.3 is 10.1 Å². The van der Waals surface area contributed by atoms with Crippen LogP contribution in [0.25, 0.3) is 0 Å². The average Bonchev–Trinajstić information content (AvgIpc) is 2.99. The van der Waals surface area contributed by atoms with Crippen LogP contribution in [0, 0.1) is 11.3 Å². The highest BCUT2D eigenvalue weighted by Crippen LogP contribution is 2.55. The van der Waals surface area contributed by atoms with Crippen molar-refractivity contribution in [3.63, 3.8) is 0 Å². The van der Waals surface area contributed by atoms with Crippen LogP contribution >= 0.6 is 0 Å². The Hall–Kier alpha value is -1.51. The summed E-state index contributed by atoms with van der Waals surface area (Å²) in [4.78, 5) is 12.1. The molecule has 1 fully saturated rings. The first-order valence-electron chi connectivity index (χ1n) is 7.23. The van der Waals surface area contributed by atoms with Gasteiger partial charge in [-0.3, -0.25) is 4.79 Å². The lowest BCUT2D eigenvalue weighted by atomic mass is 9.95. The van der Waals surface area contributed by atoms with E-state index in [-0.39, 0.29) is 17.3 Å². The maximum absolute atomic E-state index is 12.1. The molecule has 20 heavy (non-hydrogen) atoms. The molecule has 1 aliphatic carbocycles. The summed E-state index contributed by atoms with van der Waals surface area (Å²) in [7, 11) is 1.92. The van der Waals surface area contributed by atoms with E-state index in [9.17, 15) is 4.79 Å². The zero-order valence-electron chi connectivity index (χ0n) is 13.1. The number of carbonyl (C=O) groups excluding carboxylic acids is 1. The molecule has 1 unspecified atom stereocenters. The minimum Gasteiger partial charge on any atom is -0.460 e. The summed E-state index contributed by atoms with van der Waals surface area (Å²) in [6.45, 7) is 7.93. The number of ether oxygens (including phenoxy) is 1. The van der Waals surface area contributed by atoms with Crippen molar-refractivity contribution in [2.45, 2.75) is 46.1 Å². The molecule has 1 aliphatic rings. The molecule has 3 nitrogen and oxygen atoms in total. The van der Waals surface area contributed by atoms with Gasteiger partial charge in [0.1, 0.15) is 5.60 Å². The predicted octanol–water partition coefficient (Wildman–Crippen LogP) is 3.64. The molecule has 0 bridgehead atoms. The third kappa shape index (κ3) is 3.53. The number of esters is 1. The molecule has 0 saturated heterocycles. The normalized spacial score (nSPS) is 25.1. The highest BCUT2D eigenvalue weighted by atomic mass is 16.6. The van der Waals surface area contributed by atoms with Gasteiger partial charge in [0.15, 0.2) is 0 Å². The Kier molecular flexibility index (Phi) is 3.81. The Morgan fingerprint density at radius 1 is 1.45 bits per heavy atom. The number of hydrogen-bond acceptors (Lipinski definition) is 3. The highest BCUT2D eigenvalue weighted by Gasteiger charge is 2.55. The fourth-order valence-corrected chi connectivity index (χ4v) is 2.65. The second kappa shape index (κ2) is 5.12. The third-order valence-corrected chi connectivity index (χ3v) is 3.87. The van der Waals surface area contributed by atoms with Crippen molar-refractivity contribution >= 4 is 11.7 Å². The van der Waals surface area contributed by atoms with Crippen LogP contribution in [0.1, 0.15) is 39.7 Å². The molecule has 1 saturated carbocycles. The number of benzene rings is 1. The first-order valence-corrected chi connectivity index (χ1v) is 7.23. The van der Waals surface area contributed by atoms with Gasteiger partial charge in [-0.1, -0.05) is 19.1 Å². The summed E-state index contributed by atoms with van der Waals surface area (Å²) >= 11 is 0. The van der Waals surface area contributed by atoms with Crippen LogP contribution in [0.2, 0.25) is 0 Å². The largest absolute Gasteiger partial charge is 0.460 e. The lowest BCUT2D eigenvalue weighted by Crippen LogP contribution is -2.26. The third-order valence-electron chi connectivity index (χ3n) is 3.87. The van der Waals surface area contributed by atoms with Crippen molar-refractivity contribution < 1.29 is 9.53 Å².